The first-order valence-corrected chi connectivity index (χ1v) is 5.98. The normalized spacial score (nSPS) is 11.0. The summed E-state index contributed by atoms with van der Waals surface area (Å²) in [4.78, 5) is 15.5. The molecule has 5 nitrogen and oxygen atoms in total. The monoisotopic (exact) mass is 289 g/mol. The van der Waals surface area contributed by atoms with Gasteiger partial charge in [-0.15, -0.1) is 0 Å². The minimum absolute atomic E-state index is 0.0498. The first kappa shape index (κ1) is 13.2. The highest BCUT2D eigenvalue weighted by molar-refractivity contribution is 6.04. The van der Waals surface area contributed by atoms with Gasteiger partial charge in [0.2, 0.25) is 0 Å². The fourth-order valence-corrected chi connectivity index (χ4v) is 2.16. The van der Waals surface area contributed by atoms with Crippen LogP contribution in [0.3, 0.4) is 0 Å². The molecule has 0 fully saturated rings. The molecule has 0 aliphatic rings. The summed E-state index contributed by atoms with van der Waals surface area (Å²) in [5.41, 5.74) is 0.534. The molecule has 7 heteroatoms. The molecular weight excluding hydrogens is 280 g/mol. The van der Waals surface area contributed by atoms with Gasteiger partial charge >= 0.3 is 5.97 Å². The molecule has 1 N–H and O–H groups in total. The van der Waals surface area contributed by atoms with Crippen LogP contribution in [0.5, 0.6) is 0 Å². The summed E-state index contributed by atoms with van der Waals surface area (Å²) < 4.78 is 28.7. The van der Waals surface area contributed by atoms with Gasteiger partial charge in [0.1, 0.15) is 11.6 Å². The number of carboxylic acids is 1. The average molecular weight is 289 g/mol. The van der Waals surface area contributed by atoms with Gasteiger partial charge in [-0.1, -0.05) is 0 Å². The van der Waals surface area contributed by atoms with E-state index in [1.54, 1.807) is 13.2 Å². The number of hydrogen-bond donors (Lipinski definition) is 1. The van der Waals surface area contributed by atoms with Crippen molar-refractivity contribution < 1.29 is 18.7 Å². The molecule has 0 saturated heterocycles. The molecule has 0 aliphatic carbocycles. The van der Waals surface area contributed by atoms with Gasteiger partial charge in [-0.25, -0.2) is 18.6 Å². The first-order valence-electron chi connectivity index (χ1n) is 5.98. The van der Waals surface area contributed by atoms with Crippen molar-refractivity contribution in [2.45, 2.75) is 0 Å². The van der Waals surface area contributed by atoms with E-state index in [0.29, 0.717) is 11.6 Å². The predicted molar refractivity (Wildman–Crippen MR) is 70.8 cm³/mol. The van der Waals surface area contributed by atoms with Crippen LogP contribution in [0.2, 0.25) is 0 Å². The van der Waals surface area contributed by atoms with Gasteiger partial charge < -0.3 is 5.11 Å². The summed E-state index contributed by atoms with van der Waals surface area (Å²) >= 11 is 0. The Morgan fingerprint density at radius 3 is 2.67 bits per heavy atom. The van der Waals surface area contributed by atoms with Crippen LogP contribution < -0.4 is 0 Å². The quantitative estimate of drug-likeness (QED) is 0.787. The number of aromatic carboxylic acids is 1. The molecule has 0 aliphatic heterocycles. The maximum Gasteiger partial charge on any atom is 0.336 e. The lowest BCUT2D eigenvalue weighted by Crippen LogP contribution is -2.02. The van der Waals surface area contributed by atoms with Gasteiger partial charge in [0.15, 0.2) is 0 Å². The van der Waals surface area contributed by atoms with E-state index in [0.717, 1.165) is 6.07 Å². The summed E-state index contributed by atoms with van der Waals surface area (Å²) in [6.45, 7) is 0. The first-order chi connectivity index (χ1) is 9.95. The highest BCUT2D eigenvalue weighted by Gasteiger charge is 2.18. The van der Waals surface area contributed by atoms with Gasteiger partial charge in [0.05, 0.1) is 28.4 Å². The van der Waals surface area contributed by atoms with Crippen LogP contribution in [0.4, 0.5) is 8.78 Å². The van der Waals surface area contributed by atoms with Crippen molar-refractivity contribution in [1.29, 1.82) is 0 Å². The van der Waals surface area contributed by atoms with Gasteiger partial charge in [-0.3, -0.25) is 4.68 Å². The molecule has 1 aromatic carbocycles. The van der Waals surface area contributed by atoms with Crippen LogP contribution in [-0.2, 0) is 7.05 Å². The minimum Gasteiger partial charge on any atom is -0.478 e. The molecule has 0 radical (unpaired) electrons. The van der Waals surface area contributed by atoms with Crippen molar-refractivity contribution in [2.75, 3.05) is 0 Å². The van der Waals surface area contributed by atoms with Gasteiger partial charge in [-0.2, -0.15) is 5.10 Å². The second-order valence-electron chi connectivity index (χ2n) is 4.54. The SMILES string of the molecule is Cn1cc(-c2cc(C(=O)O)c3c(F)cc(F)cc3n2)cn1. The number of nitrogens with zero attached hydrogens (tertiary/aromatic N) is 3. The van der Waals surface area contributed by atoms with E-state index >= 15 is 0 Å². The van der Waals surface area contributed by atoms with Crippen molar-refractivity contribution in [3.63, 3.8) is 0 Å². The third-order valence-electron chi connectivity index (χ3n) is 3.06. The molecule has 3 aromatic rings. The summed E-state index contributed by atoms with van der Waals surface area (Å²) in [6.07, 6.45) is 3.13. The van der Waals surface area contributed by atoms with Crippen LogP contribution in [0.25, 0.3) is 22.2 Å². The summed E-state index contributed by atoms with van der Waals surface area (Å²) in [7, 11) is 1.70. The maximum absolute atomic E-state index is 13.8. The Kier molecular flexibility index (Phi) is 2.90. The maximum atomic E-state index is 13.8. The Balaban J connectivity index is 2.37. The Bertz CT molecular complexity index is 874. The molecular formula is C14H9F2N3O2. The molecule has 3 rings (SSSR count). The van der Waals surface area contributed by atoms with E-state index in [9.17, 15) is 18.7 Å². The molecule has 0 spiro atoms. The summed E-state index contributed by atoms with van der Waals surface area (Å²) in [6, 6.07) is 2.90. The van der Waals surface area contributed by atoms with Crippen molar-refractivity contribution in [1.82, 2.24) is 14.8 Å². The molecule has 106 valence electrons. The van der Waals surface area contributed by atoms with Crippen molar-refractivity contribution in [3.05, 3.63) is 47.8 Å². The fraction of sp³-hybridized carbons (Fsp3) is 0.0714. The zero-order chi connectivity index (χ0) is 15.1. The number of carboxylic acid groups (broad SMARTS) is 1. The van der Waals surface area contributed by atoms with Gasteiger partial charge in [0, 0.05) is 30.9 Å². The Morgan fingerprint density at radius 2 is 2.05 bits per heavy atom. The zero-order valence-corrected chi connectivity index (χ0v) is 10.8. The van der Waals surface area contributed by atoms with Crippen LogP contribution >= 0.6 is 0 Å². The molecule has 0 bridgehead atoms. The van der Waals surface area contributed by atoms with E-state index in [2.05, 4.69) is 10.1 Å². The number of halogens is 2. The lowest BCUT2D eigenvalue weighted by atomic mass is 10.1. The molecule has 0 saturated carbocycles. The van der Waals surface area contributed by atoms with Crippen molar-refractivity contribution in [3.8, 4) is 11.3 Å². The van der Waals surface area contributed by atoms with Crippen LogP contribution in [0.1, 0.15) is 10.4 Å². The van der Waals surface area contributed by atoms with Gasteiger partial charge in [-0.05, 0) is 6.07 Å². The molecule has 0 amide bonds. The number of carbonyl (C=O) groups is 1. The van der Waals surface area contributed by atoms with Crippen LogP contribution in [0, 0.1) is 11.6 Å². The zero-order valence-electron chi connectivity index (χ0n) is 10.8. The van der Waals surface area contributed by atoms with E-state index in [1.165, 1.54) is 16.9 Å². The predicted octanol–water partition coefficient (Wildman–Crippen LogP) is 2.61. The second kappa shape index (κ2) is 4.62. The lowest BCUT2D eigenvalue weighted by molar-refractivity contribution is 0.0698. The fourth-order valence-electron chi connectivity index (χ4n) is 2.16. The number of benzene rings is 1. The summed E-state index contributed by atoms with van der Waals surface area (Å²) in [5, 5.41) is 13.0. The average Bonchev–Trinajstić information content (AvgIpc) is 2.83. The number of pyridine rings is 1. The smallest absolute Gasteiger partial charge is 0.336 e. The number of rotatable bonds is 2. The molecule has 0 unspecified atom stereocenters. The highest BCUT2D eigenvalue weighted by Crippen LogP contribution is 2.27. The van der Waals surface area contributed by atoms with Crippen molar-refractivity contribution >= 4 is 16.9 Å². The molecule has 21 heavy (non-hydrogen) atoms. The number of aromatic nitrogens is 3. The lowest BCUT2D eigenvalue weighted by Gasteiger charge is -2.07. The number of aryl methyl sites for hydroxylation is 1. The molecule has 2 heterocycles. The topological polar surface area (TPSA) is 68.0 Å². The second-order valence-corrected chi connectivity index (χ2v) is 4.54. The van der Waals surface area contributed by atoms with E-state index in [4.69, 9.17) is 0 Å². The number of hydrogen-bond acceptors (Lipinski definition) is 3. The third kappa shape index (κ3) is 2.22. The van der Waals surface area contributed by atoms with Gasteiger partial charge in [0.25, 0.3) is 0 Å². The van der Waals surface area contributed by atoms with Crippen LogP contribution in [-0.4, -0.2) is 25.8 Å². The largest absolute Gasteiger partial charge is 0.478 e. The molecule has 2 aromatic heterocycles. The standard InChI is InChI=1S/C14H9F2N3O2/c1-19-6-7(5-17-19)11-4-9(14(20)21)13-10(16)2-8(15)3-12(13)18-11/h2-6H,1H3,(H,20,21). The minimum atomic E-state index is -1.31. The highest BCUT2D eigenvalue weighted by atomic mass is 19.1. The molecule has 0 atom stereocenters. The Labute approximate surface area is 117 Å². The third-order valence-corrected chi connectivity index (χ3v) is 3.06. The van der Waals surface area contributed by atoms with E-state index < -0.39 is 17.6 Å². The van der Waals surface area contributed by atoms with Crippen LogP contribution in [0.15, 0.2) is 30.6 Å². The van der Waals surface area contributed by atoms with E-state index in [-0.39, 0.29) is 22.2 Å². The number of fused-ring (bicyclic) bond motifs is 1. The Morgan fingerprint density at radius 1 is 1.29 bits per heavy atom. The van der Waals surface area contributed by atoms with E-state index in [1.807, 2.05) is 0 Å². The Hall–Kier alpha value is -2.83. The summed E-state index contributed by atoms with van der Waals surface area (Å²) in [5.74, 6) is -3.07. The van der Waals surface area contributed by atoms with Crippen molar-refractivity contribution in [2.24, 2.45) is 7.05 Å².